The number of benzene rings is 1. The van der Waals surface area contributed by atoms with Crippen LogP contribution in [-0.2, 0) is 6.42 Å². The largest absolute Gasteiger partial charge is 0.313 e. The molecule has 92 valence electrons. The molecule has 0 aliphatic heterocycles. The van der Waals surface area contributed by atoms with E-state index in [0.717, 1.165) is 31.9 Å². The summed E-state index contributed by atoms with van der Waals surface area (Å²) in [6.45, 7) is 0.981. The van der Waals surface area contributed by atoms with Gasteiger partial charge < -0.3 is 5.32 Å². The second-order valence-corrected chi connectivity index (χ2v) is 5.57. The van der Waals surface area contributed by atoms with E-state index in [4.69, 9.17) is 0 Å². The normalized spacial score (nSPS) is 21.5. The molecule has 3 heteroatoms. The fraction of sp³-hybridized carbons (Fsp3) is 0.571. The van der Waals surface area contributed by atoms with E-state index in [1.54, 1.807) is 6.07 Å². The van der Waals surface area contributed by atoms with E-state index in [-0.39, 0.29) is 5.41 Å². The van der Waals surface area contributed by atoms with E-state index in [1.165, 1.54) is 18.9 Å². The van der Waals surface area contributed by atoms with Gasteiger partial charge >= 0.3 is 0 Å². The maximum Gasteiger partial charge on any atom is 0.129 e. The van der Waals surface area contributed by atoms with Crippen LogP contribution >= 0.6 is 0 Å². The third kappa shape index (κ3) is 2.65. The lowest BCUT2D eigenvalue weighted by Gasteiger charge is -2.16. The Morgan fingerprint density at radius 2 is 2.00 bits per heavy atom. The quantitative estimate of drug-likeness (QED) is 0.830. The summed E-state index contributed by atoms with van der Waals surface area (Å²) in [6, 6.07) is 4.62. The highest BCUT2D eigenvalue weighted by atomic mass is 19.1. The summed E-state index contributed by atoms with van der Waals surface area (Å²) in [7, 11) is 0. The van der Waals surface area contributed by atoms with E-state index in [2.05, 4.69) is 5.32 Å². The maximum absolute atomic E-state index is 13.6. The van der Waals surface area contributed by atoms with Gasteiger partial charge in [0.15, 0.2) is 0 Å². The Morgan fingerprint density at radius 3 is 2.59 bits per heavy atom. The minimum Gasteiger partial charge on any atom is -0.313 e. The van der Waals surface area contributed by atoms with Crippen LogP contribution < -0.4 is 5.32 Å². The highest BCUT2D eigenvalue weighted by molar-refractivity contribution is 5.22. The average molecular weight is 237 g/mol. The van der Waals surface area contributed by atoms with Gasteiger partial charge in [0.05, 0.1) is 0 Å². The fourth-order valence-corrected chi connectivity index (χ4v) is 2.31. The molecule has 1 N–H and O–H groups in total. The van der Waals surface area contributed by atoms with Gasteiger partial charge in [-0.15, -0.1) is 0 Å². The first-order valence-electron chi connectivity index (χ1n) is 6.34. The van der Waals surface area contributed by atoms with Crippen LogP contribution in [0.15, 0.2) is 18.2 Å². The zero-order valence-corrected chi connectivity index (χ0v) is 9.81. The van der Waals surface area contributed by atoms with Gasteiger partial charge in [-0.05, 0) is 49.1 Å². The third-order valence-corrected chi connectivity index (χ3v) is 3.88. The molecule has 0 saturated heterocycles. The zero-order valence-electron chi connectivity index (χ0n) is 9.81. The van der Waals surface area contributed by atoms with E-state index in [0.29, 0.717) is 11.6 Å². The van der Waals surface area contributed by atoms with Crippen LogP contribution in [0, 0.1) is 17.0 Å². The van der Waals surface area contributed by atoms with Crippen molar-refractivity contribution in [1.82, 2.24) is 5.32 Å². The summed E-state index contributed by atoms with van der Waals surface area (Å²) >= 11 is 0. The minimum atomic E-state index is -0.493. The van der Waals surface area contributed by atoms with Gasteiger partial charge in [-0.3, -0.25) is 0 Å². The van der Waals surface area contributed by atoms with Crippen LogP contribution in [0.1, 0.15) is 31.2 Å². The number of rotatable bonds is 5. The Bertz CT molecular complexity index is 422. The van der Waals surface area contributed by atoms with Crippen molar-refractivity contribution in [3.8, 4) is 0 Å². The lowest BCUT2D eigenvalue weighted by atomic mass is 9.96. The van der Waals surface area contributed by atoms with E-state index in [1.807, 2.05) is 0 Å². The molecule has 1 nitrogen and oxygen atoms in total. The monoisotopic (exact) mass is 237 g/mol. The highest BCUT2D eigenvalue weighted by Crippen LogP contribution is 2.48. The van der Waals surface area contributed by atoms with Crippen LogP contribution in [0.4, 0.5) is 8.78 Å². The zero-order chi connectivity index (χ0) is 11.9. The summed E-state index contributed by atoms with van der Waals surface area (Å²) in [6.07, 6.45) is 5.61. The molecular weight excluding hydrogens is 220 g/mol. The molecule has 3 rings (SSSR count). The molecule has 1 aromatic carbocycles. The van der Waals surface area contributed by atoms with E-state index >= 15 is 0 Å². The predicted molar refractivity (Wildman–Crippen MR) is 62.8 cm³/mol. The Labute approximate surface area is 100 Å². The van der Waals surface area contributed by atoms with Crippen molar-refractivity contribution in [2.24, 2.45) is 5.41 Å². The molecule has 2 fully saturated rings. The number of nitrogens with one attached hydrogen (secondary N) is 1. The molecule has 0 bridgehead atoms. The molecule has 0 unspecified atom stereocenters. The second kappa shape index (κ2) is 4.05. The molecule has 0 amide bonds. The summed E-state index contributed by atoms with van der Waals surface area (Å²) < 4.78 is 26.4. The fourth-order valence-electron chi connectivity index (χ4n) is 2.31. The van der Waals surface area contributed by atoms with Gasteiger partial charge in [0, 0.05) is 18.7 Å². The number of hydrogen-bond acceptors (Lipinski definition) is 1. The molecule has 1 aromatic rings. The molecule has 0 atom stereocenters. The smallest absolute Gasteiger partial charge is 0.129 e. The Morgan fingerprint density at radius 1 is 1.24 bits per heavy atom. The summed E-state index contributed by atoms with van der Waals surface area (Å²) in [4.78, 5) is 0. The van der Waals surface area contributed by atoms with Gasteiger partial charge in [0.25, 0.3) is 0 Å². The van der Waals surface area contributed by atoms with Crippen molar-refractivity contribution in [3.63, 3.8) is 0 Å². The van der Waals surface area contributed by atoms with Crippen molar-refractivity contribution >= 4 is 0 Å². The maximum atomic E-state index is 13.6. The number of halogens is 2. The topological polar surface area (TPSA) is 12.0 Å². The first-order valence-corrected chi connectivity index (χ1v) is 6.34. The van der Waals surface area contributed by atoms with Gasteiger partial charge in [-0.25, -0.2) is 8.78 Å². The van der Waals surface area contributed by atoms with E-state index in [9.17, 15) is 8.78 Å². The minimum absolute atomic E-state index is 0.237. The highest BCUT2D eigenvalue weighted by Gasteiger charge is 2.43. The van der Waals surface area contributed by atoms with Crippen molar-refractivity contribution in [2.75, 3.05) is 6.54 Å². The van der Waals surface area contributed by atoms with Crippen LogP contribution in [0.2, 0.25) is 0 Å². The van der Waals surface area contributed by atoms with Gasteiger partial charge in [-0.1, -0.05) is 6.07 Å². The lowest BCUT2D eigenvalue weighted by molar-refractivity contribution is 0.442. The molecule has 0 aromatic heterocycles. The molecule has 17 heavy (non-hydrogen) atoms. The molecule has 0 heterocycles. The van der Waals surface area contributed by atoms with Crippen molar-refractivity contribution in [3.05, 3.63) is 35.4 Å². The number of hydrogen-bond donors (Lipinski definition) is 1. The standard InChI is InChI=1S/C14H17F2N/c15-11-2-1-10(13(16)7-11)8-14(5-6-14)9-17-12-3-4-12/h1-2,7,12,17H,3-6,8-9H2. The predicted octanol–water partition coefficient (Wildman–Crippen LogP) is 3.04. The van der Waals surface area contributed by atoms with Gasteiger partial charge in [-0.2, -0.15) is 0 Å². The lowest BCUT2D eigenvalue weighted by Crippen LogP contribution is -2.27. The molecule has 2 aliphatic carbocycles. The SMILES string of the molecule is Fc1ccc(CC2(CNC3CC3)CC2)c(F)c1. The van der Waals surface area contributed by atoms with Crippen molar-refractivity contribution in [2.45, 2.75) is 38.1 Å². The van der Waals surface area contributed by atoms with Gasteiger partial charge in [0.1, 0.15) is 11.6 Å². The Hall–Kier alpha value is -0.960. The first kappa shape index (κ1) is 11.1. The molecular formula is C14H17F2N. The van der Waals surface area contributed by atoms with Crippen molar-refractivity contribution < 1.29 is 8.78 Å². The summed E-state index contributed by atoms with van der Waals surface area (Å²) in [5.41, 5.74) is 0.892. The third-order valence-electron chi connectivity index (χ3n) is 3.88. The first-order chi connectivity index (χ1) is 8.17. The van der Waals surface area contributed by atoms with E-state index < -0.39 is 11.6 Å². The van der Waals surface area contributed by atoms with Crippen LogP contribution in [0.25, 0.3) is 0 Å². The summed E-state index contributed by atoms with van der Waals surface area (Å²) in [5, 5.41) is 3.51. The Balaban J connectivity index is 1.64. The molecule has 2 aliphatic rings. The Kier molecular flexibility index (Phi) is 2.66. The average Bonchev–Trinajstić information content (AvgIpc) is 3.15. The van der Waals surface area contributed by atoms with Crippen molar-refractivity contribution in [1.29, 1.82) is 0 Å². The second-order valence-electron chi connectivity index (χ2n) is 5.57. The molecule has 2 saturated carbocycles. The van der Waals surface area contributed by atoms with Crippen LogP contribution in [0.5, 0.6) is 0 Å². The van der Waals surface area contributed by atoms with Gasteiger partial charge in [0.2, 0.25) is 0 Å². The van der Waals surface area contributed by atoms with Crippen LogP contribution in [-0.4, -0.2) is 12.6 Å². The van der Waals surface area contributed by atoms with Crippen LogP contribution in [0.3, 0.4) is 0 Å². The molecule has 0 radical (unpaired) electrons. The molecule has 0 spiro atoms. The summed E-state index contributed by atoms with van der Waals surface area (Å²) in [5.74, 6) is -0.894.